The van der Waals surface area contributed by atoms with Crippen LogP contribution in [0.25, 0.3) is 0 Å². The molecule has 4 heteroatoms. The summed E-state index contributed by atoms with van der Waals surface area (Å²) in [6, 6.07) is 42.0. The number of nitrogens with one attached hydrogen (secondary N) is 1. The van der Waals surface area contributed by atoms with E-state index in [9.17, 15) is 4.79 Å². The first-order chi connectivity index (χ1) is 17.1. The van der Waals surface area contributed by atoms with Crippen LogP contribution in [0.3, 0.4) is 0 Å². The van der Waals surface area contributed by atoms with E-state index < -0.39 is 18.8 Å². The van der Waals surface area contributed by atoms with Gasteiger partial charge in [0, 0.05) is 0 Å². The number of hydrogen-bond acceptors (Lipinski definition) is 2. The van der Waals surface area contributed by atoms with Crippen LogP contribution in [0.15, 0.2) is 121 Å². The van der Waals surface area contributed by atoms with Crippen molar-refractivity contribution in [2.45, 2.75) is 26.3 Å². The van der Waals surface area contributed by atoms with Gasteiger partial charge in [0.1, 0.15) is 0 Å². The van der Waals surface area contributed by atoms with Crippen LogP contribution >= 0.6 is 0 Å². The molecule has 0 heterocycles. The van der Waals surface area contributed by atoms with E-state index in [1.165, 1.54) is 10.7 Å². The molecule has 35 heavy (non-hydrogen) atoms. The second-order valence-electron chi connectivity index (χ2n) is 8.96. The van der Waals surface area contributed by atoms with Gasteiger partial charge in [-0.25, -0.2) is 0 Å². The molecule has 3 nitrogen and oxygen atoms in total. The summed E-state index contributed by atoms with van der Waals surface area (Å²) in [5.41, 5.74) is 1.11. The number of amides is 1. The monoisotopic (exact) mass is 571 g/mol. The normalized spacial score (nSPS) is 13.1. The van der Waals surface area contributed by atoms with E-state index in [-0.39, 0.29) is 17.9 Å². The maximum atomic E-state index is 12.9. The van der Waals surface area contributed by atoms with Crippen LogP contribution in [0.2, 0.25) is 0 Å². The molecule has 0 saturated carbocycles. The fraction of sp³-hybridized carbons (Fsp3) is 0.194. The topological polar surface area (TPSA) is 38.3 Å². The summed E-state index contributed by atoms with van der Waals surface area (Å²) in [5, 5.41) is 3.16. The van der Waals surface area contributed by atoms with Crippen LogP contribution in [0, 0.1) is 5.92 Å². The Bertz CT molecular complexity index is 1090. The van der Waals surface area contributed by atoms with Crippen molar-refractivity contribution in [3.05, 3.63) is 127 Å². The molecule has 4 aromatic rings. The number of rotatable bonds is 10. The summed E-state index contributed by atoms with van der Waals surface area (Å²) in [7, 11) is 0. The van der Waals surface area contributed by atoms with E-state index in [0.29, 0.717) is 13.0 Å². The molecule has 0 aromatic heterocycles. The fourth-order valence-electron chi connectivity index (χ4n) is 4.47. The van der Waals surface area contributed by atoms with Crippen LogP contribution < -0.4 is 16.1 Å². The van der Waals surface area contributed by atoms with Crippen molar-refractivity contribution >= 4 is 35.4 Å². The van der Waals surface area contributed by atoms with Crippen molar-refractivity contribution in [1.82, 2.24) is 5.32 Å². The predicted molar refractivity (Wildman–Crippen MR) is 147 cm³/mol. The van der Waals surface area contributed by atoms with E-state index in [1.807, 2.05) is 44.2 Å². The zero-order valence-corrected chi connectivity index (χ0v) is 23.3. The Hall–Kier alpha value is -2.89. The average Bonchev–Trinajstić information content (AvgIpc) is 2.93. The number of hydrogen-bond donors (Lipinski definition) is 1. The molecule has 4 rings (SSSR count). The van der Waals surface area contributed by atoms with Crippen LogP contribution in [0.1, 0.15) is 31.9 Å². The van der Waals surface area contributed by atoms with Crippen molar-refractivity contribution in [2.24, 2.45) is 5.92 Å². The molecule has 0 unspecified atom stereocenters. The van der Waals surface area contributed by atoms with Crippen LogP contribution in [-0.4, -0.2) is 31.3 Å². The third-order valence-electron chi connectivity index (χ3n) is 6.52. The van der Waals surface area contributed by atoms with Gasteiger partial charge in [-0.3, -0.25) is 0 Å². The van der Waals surface area contributed by atoms with Gasteiger partial charge in [-0.15, -0.1) is 0 Å². The van der Waals surface area contributed by atoms with Crippen molar-refractivity contribution in [3.8, 4) is 0 Å². The summed E-state index contributed by atoms with van der Waals surface area (Å²) in [5.74, 6) is -0.0858. The molecule has 0 saturated heterocycles. The standard InChI is InChI=1S/C13H18NO2.3C6H5.Sn/c1-10(8-9-15)13(16)14-11(2)12-6-4-3-5-7-12;3*1-2-4-6-5-3-1;/h3-7,10-11H,8-9H2,1-2H3,(H,14,16);3*1-5H;/q-1;;;;+1/t10-,11-;;;;/m1..../s1. The third-order valence-corrected chi connectivity index (χ3v) is 18.2. The Morgan fingerprint density at radius 2 is 1.09 bits per heavy atom. The Morgan fingerprint density at radius 3 is 1.51 bits per heavy atom. The molecular weight excluding hydrogens is 537 g/mol. The summed E-state index contributed by atoms with van der Waals surface area (Å²) in [6.07, 6.45) is 0.665. The number of benzene rings is 4. The van der Waals surface area contributed by atoms with Gasteiger partial charge < -0.3 is 0 Å². The molecule has 0 aliphatic carbocycles. The number of carbonyl (C=O) groups is 1. The van der Waals surface area contributed by atoms with Crippen molar-refractivity contribution in [2.75, 3.05) is 6.61 Å². The molecular formula is C31H33NO2Sn. The van der Waals surface area contributed by atoms with Gasteiger partial charge in [0.15, 0.2) is 0 Å². The number of carbonyl (C=O) groups excluding carboxylic acids is 1. The summed E-state index contributed by atoms with van der Waals surface area (Å²) >= 11 is -3.75. The van der Waals surface area contributed by atoms with Crippen molar-refractivity contribution in [1.29, 1.82) is 0 Å². The zero-order chi connectivity index (χ0) is 24.5. The van der Waals surface area contributed by atoms with Crippen LogP contribution in [-0.2, 0) is 7.87 Å². The molecule has 0 radical (unpaired) electrons. The second kappa shape index (κ2) is 12.2. The molecule has 1 N–H and O–H groups in total. The zero-order valence-electron chi connectivity index (χ0n) is 20.4. The van der Waals surface area contributed by atoms with Gasteiger partial charge in [0.25, 0.3) is 0 Å². The Labute approximate surface area is 213 Å². The van der Waals surface area contributed by atoms with Gasteiger partial charge in [-0.05, 0) is 0 Å². The minimum atomic E-state index is -3.75. The molecule has 1 amide bonds. The van der Waals surface area contributed by atoms with E-state index in [0.717, 1.165) is 5.56 Å². The SMILES string of the molecule is C[C@H](CC[O][Sn]([c]1ccccc1)([c]1ccccc1)[c]1ccccc1)C(=O)N[C@H](C)c1ccccc1. The van der Waals surface area contributed by atoms with E-state index in [2.05, 4.69) is 96.3 Å². The molecule has 178 valence electrons. The average molecular weight is 570 g/mol. The summed E-state index contributed by atoms with van der Waals surface area (Å²) in [4.78, 5) is 12.9. The summed E-state index contributed by atoms with van der Waals surface area (Å²) in [6.45, 7) is 4.54. The first-order valence-electron chi connectivity index (χ1n) is 12.3. The predicted octanol–water partition coefficient (Wildman–Crippen LogP) is 4.57. The third kappa shape index (κ3) is 6.03. The molecule has 0 spiro atoms. The fourth-order valence-corrected chi connectivity index (χ4v) is 15.6. The van der Waals surface area contributed by atoms with Gasteiger partial charge in [0.2, 0.25) is 0 Å². The summed E-state index contributed by atoms with van der Waals surface area (Å²) < 4.78 is 10.8. The van der Waals surface area contributed by atoms with Gasteiger partial charge in [-0.2, -0.15) is 0 Å². The van der Waals surface area contributed by atoms with Gasteiger partial charge in [0.05, 0.1) is 0 Å². The second-order valence-corrected chi connectivity index (χ2v) is 18.6. The van der Waals surface area contributed by atoms with E-state index in [1.54, 1.807) is 0 Å². The maximum absolute atomic E-state index is 12.9. The Morgan fingerprint density at radius 1 is 0.686 bits per heavy atom. The quantitative estimate of drug-likeness (QED) is 0.284. The Kier molecular flexibility index (Phi) is 8.78. The molecule has 0 bridgehead atoms. The van der Waals surface area contributed by atoms with E-state index >= 15 is 0 Å². The first kappa shape index (κ1) is 25.2. The van der Waals surface area contributed by atoms with Crippen LogP contribution in [0.5, 0.6) is 0 Å². The molecule has 0 aliphatic heterocycles. The van der Waals surface area contributed by atoms with Crippen molar-refractivity contribution in [3.63, 3.8) is 0 Å². The van der Waals surface area contributed by atoms with Gasteiger partial charge >= 0.3 is 214 Å². The first-order valence-corrected chi connectivity index (χ1v) is 17.7. The van der Waals surface area contributed by atoms with Gasteiger partial charge in [-0.1, -0.05) is 0 Å². The Balaban J connectivity index is 1.55. The molecule has 0 aliphatic rings. The molecule has 0 fully saturated rings. The minimum absolute atomic E-state index is 0.0247. The molecule has 2 atom stereocenters. The van der Waals surface area contributed by atoms with E-state index in [4.69, 9.17) is 3.07 Å². The van der Waals surface area contributed by atoms with Crippen LogP contribution in [0.4, 0.5) is 0 Å². The molecule has 4 aromatic carbocycles. The van der Waals surface area contributed by atoms with Crippen molar-refractivity contribution < 1.29 is 7.87 Å².